The smallest absolute Gasteiger partial charge is 0.0326 e. The van der Waals surface area contributed by atoms with E-state index in [1.165, 1.54) is 24.0 Å². The highest BCUT2D eigenvalue weighted by Gasteiger charge is 2.29. The highest BCUT2D eigenvalue weighted by molar-refractivity contribution is 5.29. The van der Waals surface area contributed by atoms with Crippen molar-refractivity contribution in [3.8, 4) is 0 Å². The van der Waals surface area contributed by atoms with Crippen LogP contribution in [0.3, 0.4) is 0 Å². The second-order valence-electron chi connectivity index (χ2n) is 5.35. The molecule has 1 saturated heterocycles. The van der Waals surface area contributed by atoms with E-state index in [-0.39, 0.29) is 0 Å². The lowest BCUT2D eigenvalue weighted by Gasteiger charge is -2.37. The highest BCUT2D eigenvalue weighted by atomic mass is 15.0. The SMILES string of the molecule is CCC1=CC2CCC(c3ccccc3)NC2C=C1. The lowest BCUT2D eigenvalue weighted by molar-refractivity contribution is 0.302. The molecule has 1 aromatic carbocycles. The first-order valence-corrected chi connectivity index (χ1v) is 7.06. The molecule has 1 N–H and O–H groups in total. The molecule has 3 unspecified atom stereocenters. The Morgan fingerprint density at radius 1 is 1.17 bits per heavy atom. The molecular formula is C17H21N. The normalized spacial score (nSPS) is 30.7. The van der Waals surface area contributed by atoms with Gasteiger partial charge in [-0.3, -0.25) is 0 Å². The molecule has 3 atom stereocenters. The third kappa shape index (κ3) is 2.28. The van der Waals surface area contributed by atoms with Crippen LogP contribution < -0.4 is 5.32 Å². The molecule has 0 aromatic heterocycles. The van der Waals surface area contributed by atoms with Crippen LogP contribution in [0.2, 0.25) is 0 Å². The number of fused-ring (bicyclic) bond motifs is 1. The summed E-state index contributed by atoms with van der Waals surface area (Å²) < 4.78 is 0. The van der Waals surface area contributed by atoms with Gasteiger partial charge in [-0.15, -0.1) is 0 Å². The van der Waals surface area contributed by atoms with Gasteiger partial charge in [0, 0.05) is 12.1 Å². The average molecular weight is 239 g/mol. The molecule has 2 aliphatic rings. The van der Waals surface area contributed by atoms with E-state index >= 15 is 0 Å². The summed E-state index contributed by atoms with van der Waals surface area (Å²) in [4.78, 5) is 0. The van der Waals surface area contributed by atoms with Crippen LogP contribution in [0.5, 0.6) is 0 Å². The van der Waals surface area contributed by atoms with Crippen molar-refractivity contribution in [3.63, 3.8) is 0 Å². The van der Waals surface area contributed by atoms with Gasteiger partial charge in [0.15, 0.2) is 0 Å². The number of hydrogen-bond donors (Lipinski definition) is 1. The summed E-state index contributed by atoms with van der Waals surface area (Å²) in [6, 6.07) is 11.9. The number of allylic oxidation sites excluding steroid dienone is 2. The van der Waals surface area contributed by atoms with Gasteiger partial charge in [-0.05, 0) is 30.7 Å². The molecule has 1 heteroatoms. The lowest BCUT2D eigenvalue weighted by atomic mass is 9.81. The molecule has 0 amide bonds. The molecule has 1 heterocycles. The minimum absolute atomic E-state index is 0.522. The average Bonchev–Trinajstić information content (AvgIpc) is 2.47. The minimum Gasteiger partial charge on any atom is -0.303 e. The Bertz CT molecular complexity index is 458. The van der Waals surface area contributed by atoms with Crippen molar-refractivity contribution in [2.24, 2.45) is 5.92 Å². The zero-order valence-corrected chi connectivity index (χ0v) is 11.0. The van der Waals surface area contributed by atoms with E-state index in [4.69, 9.17) is 0 Å². The summed E-state index contributed by atoms with van der Waals surface area (Å²) in [6.07, 6.45) is 10.8. The Balaban J connectivity index is 1.73. The van der Waals surface area contributed by atoms with E-state index in [1.54, 1.807) is 0 Å². The monoisotopic (exact) mass is 239 g/mol. The molecule has 0 saturated carbocycles. The van der Waals surface area contributed by atoms with Crippen molar-refractivity contribution < 1.29 is 0 Å². The standard InChI is InChI=1S/C17H21N/c1-2-13-8-10-17-15(12-13)9-11-16(18-17)14-6-4-3-5-7-14/h3-8,10,12,15-18H,2,9,11H2,1H3. The second kappa shape index (κ2) is 5.11. The first-order valence-electron chi connectivity index (χ1n) is 7.06. The molecule has 1 aromatic rings. The Labute approximate surface area is 110 Å². The largest absolute Gasteiger partial charge is 0.303 e. The predicted molar refractivity (Wildman–Crippen MR) is 76.3 cm³/mol. The van der Waals surface area contributed by atoms with E-state index < -0.39 is 0 Å². The van der Waals surface area contributed by atoms with Gasteiger partial charge in [0.2, 0.25) is 0 Å². The Morgan fingerprint density at radius 2 is 2.00 bits per heavy atom. The summed E-state index contributed by atoms with van der Waals surface area (Å²) in [5, 5.41) is 3.78. The fourth-order valence-corrected chi connectivity index (χ4v) is 3.10. The summed E-state index contributed by atoms with van der Waals surface area (Å²) >= 11 is 0. The Hall–Kier alpha value is -1.34. The number of hydrogen-bond acceptors (Lipinski definition) is 1. The molecule has 1 aliphatic carbocycles. The van der Waals surface area contributed by atoms with E-state index in [0.29, 0.717) is 18.0 Å². The second-order valence-corrected chi connectivity index (χ2v) is 5.35. The molecular weight excluding hydrogens is 218 g/mol. The molecule has 0 radical (unpaired) electrons. The Kier molecular flexibility index (Phi) is 3.33. The van der Waals surface area contributed by atoms with Crippen LogP contribution >= 0.6 is 0 Å². The molecule has 1 nitrogen and oxygen atoms in total. The van der Waals surface area contributed by atoms with E-state index in [9.17, 15) is 0 Å². The van der Waals surface area contributed by atoms with E-state index in [1.807, 2.05) is 0 Å². The summed E-state index contributed by atoms with van der Waals surface area (Å²) in [5.74, 6) is 0.699. The maximum absolute atomic E-state index is 3.78. The zero-order chi connectivity index (χ0) is 12.4. The van der Waals surface area contributed by atoms with Crippen molar-refractivity contribution in [2.45, 2.75) is 38.3 Å². The minimum atomic E-state index is 0.522. The highest BCUT2D eigenvalue weighted by Crippen LogP contribution is 2.33. The van der Waals surface area contributed by atoms with Gasteiger partial charge < -0.3 is 5.32 Å². The van der Waals surface area contributed by atoms with Crippen molar-refractivity contribution >= 4 is 0 Å². The van der Waals surface area contributed by atoms with Crippen molar-refractivity contribution in [3.05, 3.63) is 59.7 Å². The van der Waals surface area contributed by atoms with E-state index in [0.717, 1.165) is 6.42 Å². The van der Waals surface area contributed by atoms with Crippen LogP contribution in [0.15, 0.2) is 54.1 Å². The van der Waals surface area contributed by atoms with Crippen LogP contribution in [-0.2, 0) is 0 Å². The maximum atomic E-state index is 3.78. The first kappa shape index (κ1) is 11.7. The van der Waals surface area contributed by atoms with Crippen molar-refractivity contribution in [1.29, 1.82) is 0 Å². The quantitative estimate of drug-likeness (QED) is 0.822. The summed E-state index contributed by atoms with van der Waals surface area (Å²) in [7, 11) is 0. The van der Waals surface area contributed by atoms with Gasteiger partial charge in [0.05, 0.1) is 0 Å². The molecule has 0 spiro atoms. The van der Waals surface area contributed by atoms with Crippen LogP contribution in [0.4, 0.5) is 0 Å². The number of benzene rings is 1. The van der Waals surface area contributed by atoms with Crippen LogP contribution in [0.25, 0.3) is 0 Å². The summed E-state index contributed by atoms with van der Waals surface area (Å²) in [5.41, 5.74) is 2.92. The Morgan fingerprint density at radius 3 is 2.78 bits per heavy atom. The number of rotatable bonds is 2. The molecule has 18 heavy (non-hydrogen) atoms. The van der Waals surface area contributed by atoms with Gasteiger partial charge >= 0.3 is 0 Å². The third-order valence-electron chi connectivity index (χ3n) is 4.20. The lowest BCUT2D eigenvalue weighted by Crippen LogP contribution is -2.42. The van der Waals surface area contributed by atoms with Gasteiger partial charge in [0.1, 0.15) is 0 Å². The molecule has 1 fully saturated rings. The number of piperidine rings is 1. The molecule has 1 aliphatic heterocycles. The zero-order valence-electron chi connectivity index (χ0n) is 11.0. The van der Waals surface area contributed by atoms with Crippen LogP contribution in [0.1, 0.15) is 37.8 Å². The predicted octanol–water partition coefficient (Wildman–Crippen LogP) is 4.00. The maximum Gasteiger partial charge on any atom is 0.0326 e. The third-order valence-corrected chi connectivity index (χ3v) is 4.20. The van der Waals surface area contributed by atoms with Crippen molar-refractivity contribution in [1.82, 2.24) is 5.32 Å². The van der Waals surface area contributed by atoms with Crippen LogP contribution in [0, 0.1) is 5.92 Å². The van der Waals surface area contributed by atoms with Gasteiger partial charge in [-0.2, -0.15) is 0 Å². The fraction of sp³-hybridized carbons (Fsp3) is 0.412. The van der Waals surface area contributed by atoms with Crippen LogP contribution in [-0.4, -0.2) is 6.04 Å². The van der Waals surface area contributed by atoms with Gasteiger partial charge in [-0.25, -0.2) is 0 Å². The topological polar surface area (TPSA) is 12.0 Å². The van der Waals surface area contributed by atoms with Crippen molar-refractivity contribution in [2.75, 3.05) is 0 Å². The van der Waals surface area contributed by atoms with Gasteiger partial charge in [0.25, 0.3) is 0 Å². The summed E-state index contributed by atoms with van der Waals surface area (Å²) in [6.45, 7) is 2.24. The first-order chi connectivity index (χ1) is 8.86. The number of nitrogens with one attached hydrogen (secondary N) is 1. The molecule has 94 valence electrons. The molecule has 3 rings (SSSR count). The fourth-order valence-electron chi connectivity index (χ4n) is 3.10. The molecule has 0 bridgehead atoms. The van der Waals surface area contributed by atoms with Gasteiger partial charge in [-0.1, -0.05) is 61.1 Å². The van der Waals surface area contributed by atoms with E-state index in [2.05, 4.69) is 60.8 Å².